The predicted molar refractivity (Wildman–Crippen MR) is 148 cm³/mol. The fourth-order valence-corrected chi connectivity index (χ4v) is 5.21. The van der Waals surface area contributed by atoms with E-state index in [4.69, 9.17) is 5.10 Å². The summed E-state index contributed by atoms with van der Waals surface area (Å²) in [6.07, 6.45) is 3.54. The largest absolute Gasteiger partial charge is 0.281 e. The Hall–Kier alpha value is -4.82. The smallest absolute Gasteiger partial charge is 0.266 e. The molecule has 0 saturated carbocycles. The van der Waals surface area contributed by atoms with Crippen LogP contribution in [-0.2, 0) is 0 Å². The van der Waals surface area contributed by atoms with Gasteiger partial charge in [-0.05, 0) is 37.3 Å². The van der Waals surface area contributed by atoms with Crippen LogP contribution in [-0.4, -0.2) is 31.7 Å². The van der Waals surface area contributed by atoms with Crippen LogP contribution in [0.2, 0.25) is 0 Å². The Morgan fingerprint density at radius 2 is 1.54 bits per heavy atom. The lowest BCUT2D eigenvalue weighted by Gasteiger charge is -2.01. The van der Waals surface area contributed by atoms with Crippen LogP contribution >= 0.6 is 11.3 Å². The van der Waals surface area contributed by atoms with Crippen molar-refractivity contribution >= 4 is 33.7 Å². The van der Waals surface area contributed by atoms with E-state index in [1.165, 1.54) is 11.3 Å². The van der Waals surface area contributed by atoms with Crippen LogP contribution in [0.3, 0.4) is 0 Å². The number of amides is 1. The molecule has 0 aliphatic carbocycles. The zero-order valence-corrected chi connectivity index (χ0v) is 20.8. The van der Waals surface area contributed by atoms with Crippen molar-refractivity contribution in [1.82, 2.24) is 25.0 Å². The highest BCUT2D eigenvalue weighted by Gasteiger charge is 2.17. The van der Waals surface area contributed by atoms with Gasteiger partial charge in [-0.15, -0.1) is 11.3 Å². The van der Waals surface area contributed by atoms with Crippen LogP contribution in [0.5, 0.6) is 0 Å². The SMILES string of the molecule is Cc1nn(-c2ccccc2)c2sc(C(=O)NN=Cc3cn(-c4ccccc4)nc3-c3ccccc3)cc12. The molecular weight excluding hydrogens is 480 g/mol. The second kappa shape index (κ2) is 9.67. The first-order chi connectivity index (χ1) is 18.2. The van der Waals surface area contributed by atoms with Gasteiger partial charge in [0.1, 0.15) is 10.5 Å². The van der Waals surface area contributed by atoms with Crippen LogP contribution in [0.25, 0.3) is 32.8 Å². The van der Waals surface area contributed by atoms with Crippen molar-refractivity contribution < 1.29 is 4.79 Å². The maximum atomic E-state index is 13.0. The molecule has 0 bridgehead atoms. The van der Waals surface area contributed by atoms with E-state index in [2.05, 4.69) is 15.6 Å². The highest BCUT2D eigenvalue weighted by atomic mass is 32.1. The molecule has 0 atom stereocenters. The fraction of sp³-hybridized carbons (Fsp3) is 0.0345. The highest BCUT2D eigenvalue weighted by Crippen LogP contribution is 2.30. The molecule has 0 aliphatic rings. The number of aryl methyl sites for hydroxylation is 1. The maximum absolute atomic E-state index is 13.0. The molecule has 3 aromatic heterocycles. The first-order valence-electron chi connectivity index (χ1n) is 11.8. The molecule has 180 valence electrons. The topological polar surface area (TPSA) is 77.1 Å². The monoisotopic (exact) mass is 502 g/mol. The first kappa shape index (κ1) is 22.6. The van der Waals surface area contributed by atoms with Gasteiger partial charge in [-0.2, -0.15) is 15.3 Å². The summed E-state index contributed by atoms with van der Waals surface area (Å²) in [6.45, 7) is 1.95. The summed E-state index contributed by atoms with van der Waals surface area (Å²) in [5.74, 6) is -0.270. The number of rotatable bonds is 6. The lowest BCUT2D eigenvalue weighted by Crippen LogP contribution is -2.16. The van der Waals surface area contributed by atoms with Crippen LogP contribution in [0.1, 0.15) is 20.9 Å². The molecule has 0 saturated heterocycles. The molecule has 0 aliphatic heterocycles. The molecule has 6 rings (SSSR count). The third kappa shape index (κ3) is 4.46. The van der Waals surface area contributed by atoms with Crippen molar-refractivity contribution in [3.63, 3.8) is 0 Å². The number of para-hydroxylation sites is 2. The Bertz CT molecular complexity index is 1720. The summed E-state index contributed by atoms with van der Waals surface area (Å²) in [7, 11) is 0. The molecule has 0 fully saturated rings. The van der Waals surface area contributed by atoms with Gasteiger partial charge in [0.15, 0.2) is 0 Å². The fourth-order valence-electron chi connectivity index (χ4n) is 4.13. The van der Waals surface area contributed by atoms with Crippen molar-refractivity contribution in [3.8, 4) is 22.6 Å². The van der Waals surface area contributed by atoms with E-state index in [0.717, 1.165) is 44.1 Å². The molecule has 3 aromatic carbocycles. The Balaban J connectivity index is 1.27. The lowest BCUT2D eigenvalue weighted by molar-refractivity contribution is 0.0959. The molecule has 1 amide bonds. The van der Waals surface area contributed by atoms with Gasteiger partial charge >= 0.3 is 0 Å². The summed E-state index contributed by atoms with van der Waals surface area (Å²) in [5.41, 5.74) is 7.99. The second-order valence-electron chi connectivity index (χ2n) is 8.44. The van der Waals surface area contributed by atoms with Crippen LogP contribution in [0, 0.1) is 6.92 Å². The van der Waals surface area contributed by atoms with E-state index >= 15 is 0 Å². The van der Waals surface area contributed by atoms with Gasteiger partial charge in [0.25, 0.3) is 5.91 Å². The van der Waals surface area contributed by atoms with E-state index in [0.29, 0.717) is 4.88 Å². The minimum atomic E-state index is -0.270. The number of benzene rings is 3. The van der Waals surface area contributed by atoms with Gasteiger partial charge < -0.3 is 0 Å². The number of aromatic nitrogens is 4. The molecule has 7 nitrogen and oxygen atoms in total. The summed E-state index contributed by atoms with van der Waals surface area (Å²) in [5, 5.41) is 14.7. The Morgan fingerprint density at radius 3 is 2.24 bits per heavy atom. The van der Waals surface area contributed by atoms with E-state index in [1.807, 2.05) is 120 Å². The Morgan fingerprint density at radius 1 is 0.892 bits per heavy atom. The van der Waals surface area contributed by atoms with E-state index in [9.17, 15) is 4.79 Å². The number of thiophene rings is 1. The lowest BCUT2D eigenvalue weighted by atomic mass is 10.1. The Kier molecular flexibility index (Phi) is 5.92. The Labute approximate surface area is 217 Å². The van der Waals surface area contributed by atoms with E-state index in [-0.39, 0.29) is 5.91 Å². The number of carbonyl (C=O) groups excluding carboxylic acids is 1. The van der Waals surface area contributed by atoms with Gasteiger partial charge in [0.05, 0.1) is 28.2 Å². The van der Waals surface area contributed by atoms with Crippen molar-refractivity contribution in [1.29, 1.82) is 0 Å². The standard InChI is InChI=1S/C29H22N6OS/c1-20-25-17-26(37-29(25)35(32-20)24-15-9-4-10-16-24)28(36)31-30-18-22-19-34(23-13-7-3-8-14-23)33-27(22)21-11-5-2-6-12-21/h2-19H,1H3,(H,31,36). The summed E-state index contributed by atoms with van der Waals surface area (Å²) < 4.78 is 3.69. The number of fused-ring (bicyclic) bond motifs is 1. The molecular formula is C29H22N6OS. The van der Waals surface area contributed by atoms with Crippen LogP contribution in [0.4, 0.5) is 0 Å². The van der Waals surface area contributed by atoms with Crippen LogP contribution < -0.4 is 5.43 Å². The number of carbonyl (C=O) groups is 1. The number of nitrogens with zero attached hydrogens (tertiary/aromatic N) is 5. The molecule has 3 heterocycles. The predicted octanol–water partition coefficient (Wildman–Crippen LogP) is 6.01. The zero-order valence-electron chi connectivity index (χ0n) is 19.9. The molecule has 0 spiro atoms. The van der Waals surface area contributed by atoms with Gasteiger partial charge in [-0.3, -0.25) is 4.79 Å². The minimum Gasteiger partial charge on any atom is -0.266 e. The average molecular weight is 503 g/mol. The molecule has 6 aromatic rings. The minimum absolute atomic E-state index is 0.270. The second-order valence-corrected chi connectivity index (χ2v) is 9.47. The van der Waals surface area contributed by atoms with Crippen LogP contribution in [0.15, 0.2) is 108 Å². The molecule has 1 N–H and O–H groups in total. The first-order valence-corrected chi connectivity index (χ1v) is 12.6. The van der Waals surface area contributed by atoms with Gasteiger partial charge in [-0.25, -0.2) is 14.8 Å². The highest BCUT2D eigenvalue weighted by molar-refractivity contribution is 7.20. The van der Waals surface area contributed by atoms with E-state index < -0.39 is 0 Å². The van der Waals surface area contributed by atoms with E-state index in [1.54, 1.807) is 6.21 Å². The van der Waals surface area contributed by atoms with Crippen molar-refractivity contribution in [3.05, 3.63) is 119 Å². The number of nitrogens with one attached hydrogen (secondary N) is 1. The van der Waals surface area contributed by atoms with Crippen molar-refractivity contribution in [2.24, 2.45) is 5.10 Å². The van der Waals surface area contributed by atoms with Crippen molar-refractivity contribution in [2.45, 2.75) is 6.92 Å². The maximum Gasteiger partial charge on any atom is 0.281 e. The third-order valence-corrected chi connectivity index (χ3v) is 7.06. The van der Waals surface area contributed by atoms with Gasteiger partial charge in [-0.1, -0.05) is 66.7 Å². The zero-order chi connectivity index (χ0) is 25.2. The van der Waals surface area contributed by atoms with Crippen molar-refractivity contribution in [2.75, 3.05) is 0 Å². The third-order valence-electron chi connectivity index (χ3n) is 5.95. The number of hydrogen-bond donors (Lipinski definition) is 1. The summed E-state index contributed by atoms with van der Waals surface area (Å²) in [6, 6.07) is 31.6. The molecule has 37 heavy (non-hydrogen) atoms. The molecule has 0 unspecified atom stereocenters. The summed E-state index contributed by atoms with van der Waals surface area (Å²) in [4.78, 5) is 14.5. The summed E-state index contributed by atoms with van der Waals surface area (Å²) >= 11 is 1.39. The van der Waals surface area contributed by atoms with Gasteiger partial charge in [0, 0.05) is 22.7 Å². The quantitative estimate of drug-likeness (QED) is 0.224. The molecule has 8 heteroatoms. The van der Waals surface area contributed by atoms with Gasteiger partial charge in [0.2, 0.25) is 0 Å². The average Bonchev–Trinajstić information content (AvgIpc) is 3.65. The number of hydrogen-bond acceptors (Lipinski definition) is 5. The normalized spacial score (nSPS) is 11.4. The number of hydrazone groups is 1. The molecule has 0 radical (unpaired) electrons.